The van der Waals surface area contributed by atoms with Gasteiger partial charge in [-0.15, -0.1) is 11.8 Å². The van der Waals surface area contributed by atoms with Gasteiger partial charge in [-0.05, 0) is 60.5 Å². The summed E-state index contributed by atoms with van der Waals surface area (Å²) in [7, 11) is 0. The van der Waals surface area contributed by atoms with Gasteiger partial charge < -0.3 is 4.74 Å². The Hall–Kier alpha value is -2.39. The molecule has 115 valence electrons. The molecule has 0 aromatic heterocycles. The highest BCUT2D eigenvalue weighted by atomic mass is 32.2. The normalized spacial score (nSPS) is 10.5. The van der Waals surface area contributed by atoms with Crippen LogP contribution in [-0.4, -0.2) is 0 Å². The van der Waals surface area contributed by atoms with Crippen LogP contribution >= 0.6 is 11.8 Å². The van der Waals surface area contributed by atoms with Gasteiger partial charge in [0.25, 0.3) is 0 Å². The molecular weight excluding hydrogens is 304 g/mol. The van der Waals surface area contributed by atoms with Crippen molar-refractivity contribution in [3.8, 4) is 17.2 Å². The number of aryl methyl sites for hydroxylation is 1. The Balaban J connectivity index is 1.66. The molecule has 0 atom stereocenters. The van der Waals surface area contributed by atoms with Gasteiger partial charge in [0.05, 0.1) is 0 Å². The van der Waals surface area contributed by atoms with Crippen molar-refractivity contribution in [2.24, 2.45) is 0 Å². The molecule has 0 spiro atoms. The molecule has 23 heavy (non-hydrogen) atoms. The van der Waals surface area contributed by atoms with Crippen molar-refractivity contribution in [3.63, 3.8) is 0 Å². The highest BCUT2D eigenvalue weighted by molar-refractivity contribution is 7.98. The molecule has 3 heteroatoms. The number of ether oxygens (including phenoxy) is 1. The van der Waals surface area contributed by atoms with Gasteiger partial charge in [0.15, 0.2) is 5.75 Å². The van der Waals surface area contributed by atoms with Crippen LogP contribution in [-0.2, 0) is 10.9 Å². The lowest BCUT2D eigenvalue weighted by atomic mass is 10.2. The van der Waals surface area contributed by atoms with Crippen LogP contribution in [0.5, 0.6) is 17.2 Å². The zero-order valence-corrected chi connectivity index (χ0v) is 13.7. The van der Waals surface area contributed by atoms with E-state index in [9.17, 15) is 5.11 Å². The fourth-order valence-electron chi connectivity index (χ4n) is 2.20. The Morgan fingerprint density at radius 1 is 0.870 bits per heavy atom. The fourth-order valence-corrected chi connectivity index (χ4v) is 3.14. The first-order valence-electron chi connectivity index (χ1n) is 7.43. The summed E-state index contributed by atoms with van der Waals surface area (Å²) in [5, 5.41) is 11.4. The van der Waals surface area contributed by atoms with Crippen molar-refractivity contribution >= 4 is 11.8 Å². The monoisotopic (exact) mass is 321 g/mol. The van der Waals surface area contributed by atoms with Crippen LogP contribution in [0.2, 0.25) is 0 Å². The van der Waals surface area contributed by atoms with Gasteiger partial charge in [0.2, 0.25) is 0 Å². The predicted molar refractivity (Wildman–Crippen MR) is 93.8 cm³/mol. The van der Waals surface area contributed by atoms with Crippen LogP contribution < -0.4 is 4.74 Å². The third-order valence-corrected chi connectivity index (χ3v) is 4.49. The minimum atomic E-state index is 0.0904. The van der Waals surface area contributed by atoms with Gasteiger partial charge >= 0.3 is 0 Å². The van der Waals surface area contributed by atoms with Crippen LogP contribution in [0.1, 0.15) is 11.1 Å². The second-order valence-corrected chi connectivity index (χ2v) is 6.33. The Morgan fingerprint density at radius 3 is 2.43 bits per heavy atom. The molecule has 3 aromatic carbocycles. The Bertz CT molecular complexity index is 785. The lowest BCUT2D eigenvalue weighted by Gasteiger charge is -2.08. The molecule has 0 unspecified atom stereocenters. The van der Waals surface area contributed by atoms with E-state index in [4.69, 9.17) is 4.74 Å². The zero-order chi connectivity index (χ0) is 16.1. The molecule has 0 aliphatic heterocycles. The zero-order valence-electron chi connectivity index (χ0n) is 12.9. The van der Waals surface area contributed by atoms with Crippen molar-refractivity contribution in [2.75, 3.05) is 0 Å². The Morgan fingerprint density at radius 2 is 1.65 bits per heavy atom. The number of rotatable bonds is 5. The molecule has 0 bridgehead atoms. The van der Waals surface area contributed by atoms with Crippen molar-refractivity contribution in [2.45, 2.75) is 17.6 Å². The van der Waals surface area contributed by atoms with Crippen LogP contribution in [0.4, 0.5) is 0 Å². The maximum atomic E-state index is 11.4. The summed E-state index contributed by atoms with van der Waals surface area (Å²) < 4.78 is 5.86. The molecule has 0 saturated heterocycles. The second-order valence-electron chi connectivity index (χ2n) is 5.28. The molecule has 0 heterocycles. The summed E-state index contributed by atoms with van der Waals surface area (Å²) in [6, 6.07) is 23.3. The van der Waals surface area contributed by atoms with E-state index < -0.39 is 0 Å². The van der Waals surface area contributed by atoms with Crippen molar-refractivity contribution < 1.29 is 9.84 Å². The van der Waals surface area contributed by atoms with Crippen LogP contribution in [0.25, 0.3) is 0 Å². The maximum absolute atomic E-state index is 11.4. The van der Waals surface area contributed by atoms with E-state index in [0.717, 1.165) is 27.7 Å². The minimum Gasteiger partial charge on any atom is -0.457 e. The summed E-state index contributed by atoms with van der Waals surface area (Å²) in [5.41, 5.74) is 1.98. The first-order valence-corrected chi connectivity index (χ1v) is 8.41. The minimum absolute atomic E-state index is 0.0904. The number of thioether (sulfide) groups is 1. The van der Waals surface area contributed by atoms with E-state index in [1.165, 1.54) is 5.56 Å². The quantitative estimate of drug-likeness (QED) is 0.522. The molecule has 0 saturated carbocycles. The summed E-state index contributed by atoms with van der Waals surface area (Å²) in [6.07, 6.45) is 0. The van der Waals surface area contributed by atoms with Crippen molar-refractivity contribution in [3.05, 3.63) is 83.9 Å². The van der Waals surface area contributed by atoms with Gasteiger partial charge in [-0.25, -0.2) is 0 Å². The Labute approximate surface area is 140 Å². The summed E-state index contributed by atoms with van der Waals surface area (Å²) in [5.74, 6) is 2.59. The molecule has 0 N–H and O–H groups in total. The third kappa shape index (κ3) is 4.30. The Kier molecular flexibility index (Phi) is 4.89. The summed E-state index contributed by atoms with van der Waals surface area (Å²) >= 11 is 1.72. The SMILES string of the molecule is Cc1cc(SCc2cccc(Oc3ccccc3)c2)ccc1[O]. The molecule has 0 aliphatic rings. The van der Waals surface area contributed by atoms with Gasteiger partial charge in [-0.1, -0.05) is 30.3 Å². The van der Waals surface area contributed by atoms with Gasteiger partial charge in [0.1, 0.15) is 11.5 Å². The molecule has 0 aliphatic carbocycles. The fraction of sp³-hybridized carbons (Fsp3) is 0.100. The summed E-state index contributed by atoms with van der Waals surface area (Å²) in [6.45, 7) is 1.85. The van der Waals surface area contributed by atoms with E-state index in [0.29, 0.717) is 0 Å². The van der Waals surface area contributed by atoms with E-state index in [1.807, 2.05) is 61.5 Å². The molecule has 2 nitrogen and oxygen atoms in total. The smallest absolute Gasteiger partial charge is 0.181 e. The van der Waals surface area contributed by atoms with Gasteiger partial charge in [-0.3, -0.25) is 5.11 Å². The number of hydrogen-bond acceptors (Lipinski definition) is 2. The first kappa shape index (κ1) is 15.5. The highest BCUT2D eigenvalue weighted by Gasteiger charge is 2.03. The third-order valence-electron chi connectivity index (χ3n) is 3.43. The molecule has 3 aromatic rings. The second kappa shape index (κ2) is 7.25. The van der Waals surface area contributed by atoms with Crippen LogP contribution in [0, 0.1) is 6.92 Å². The van der Waals surface area contributed by atoms with E-state index >= 15 is 0 Å². The molecule has 0 amide bonds. The van der Waals surface area contributed by atoms with Crippen molar-refractivity contribution in [1.29, 1.82) is 0 Å². The topological polar surface area (TPSA) is 29.1 Å². The average Bonchev–Trinajstić information content (AvgIpc) is 2.57. The standard InChI is InChI=1S/C20H17O2S/c1-15-12-19(10-11-20(15)21)23-14-16-6-5-9-18(13-16)22-17-7-3-2-4-8-17/h2-13H,14H2,1H3. The molecular formula is C20H17O2S. The number of para-hydroxylation sites is 1. The van der Waals surface area contributed by atoms with E-state index in [1.54, 1.807) is 17.8 Å². The van der Waals surface area contributed by atoms with E-state index in [-0.39, 0.29) is 5.75 Å². The maximum Gasteiger partial charge on any atom is 0.181 e. The van der Waals surface area contributed by atoms with Crippen LogP contribution in [0.3, 0.4) is 0 Å². The molecule has 1 radical (unpaired) electrons. The lowest BCUT2D eigenvalue weighted by Crippen LogP contribution is -1.86. The van der Waals surface area contributed by atoms with Crippen molar-refractivity contribution in [1.82, 2.24) is 0 Å². The molecule has 0 fully saturated rings. The lowest BCUT2D eigenvalue weighted by molar-refractivity contribution is 0.351. The number of hydrogen-bond donors (Lipinski definition) is 0. The van der Waals surface area contributed by atoms with E-state index in [2.05, 4.69) is 12.1 Å². The summed E-state index contributed by atoms with van der Waals surface area (Å²) in [4.78, 5) is 1.11. The van der Waals surface area contributed by atoms with Gasteiger partial charge in [0, 0.05) is 10.6 Å². The first-order chi connectivity index (χ1) is 11.2. The van der Waals surface area contributed by atoms with Crippen LogP contribution in [0.15, 0.2) is 77.7 Å². The largest absolute Gasteiger partial charge is 0.457 e. The predicted octanol–water partition coefficient (Wildman–Crippen LogP) is 6.22. The average molecular weight is 321 g/mol. The van der Waals surface area contributed by atoms with Gasteiger partial charge in [-0.2, -0.15) is 0 Å². The highest BCUT2D eigenvalue weighted by Crippen LogP contribution is 2.29. The molecule has 3 rings (SSSR count). The number of benzene rings is 3.